The summed E-state index contributed by atoms with van der Waals surface area (Å²) in [4.78, 5) is 18.5. The Morgan fingerprint density at radius 3 is 3.05 bits per heavy atom. The van der Waals surface area contributed by atoms with Gasteiger partial charge in [0.15, 0.2) is 0 Å². The van der Waals surface area contributed by atoms with Gasteiger partial charge in [-0.25, -0.2) is 9.67 Å². The number of nitrogens with zero attached hydrogens (tertiary/aromatic N) is 4. The second-order valence-electron chi connectivity index (χ2n) is 5.76. The molecule has 1 fully saturated rings. The van der Waals surface area contributed by atoms with Crippen LogP contribution in [0.4, 0.5) is 0 Å². The monoisotopic (exact) mass is 300 g/mol. The molecule has 1 saturated heterocycles. The van der Waals surface area contributed by atoms with Gasteiger partial charge in [0.2, 0.25) is 0 Å². The van der Waals surface area contributed by atoms with Crippen LogP contribution in [0.2, 0.25) is 0 Å². The molecule has 6 heteroatoms. The Bertz CT molecular complexity index is 641. The van der Waals surface area contributed by atoms with E-state index in [1.165, 1.54) is 6.33 Å². The van der Waals surface area contributed by atoms with E-state index in [1.807, 2.05) is 18.2 Å². The van der Waals surface area contributed by atoms with E-state index in [1.54, 1.807) is 22.0 Å². The van der Waals surface area contributed by atoms with Gasteiger partial charge < -0.3 is 10.0 Å². The summed E-state index contributed by atoms with van der Waals surface area (Å²) in [5, 5.41) is 13.7. The van der Waals surface area contributed by atoms with Crippen LogP contribution in [0.15, 0.2) is 36.9 Å². The Kier molecular flexibility index (Phi) is 4.20. The minimum absolute atomic E-state index is 0.00960. The fourth-order valence-electron chi connectivity index (χ4n) is 3.07. The van der Waals surface area contributed by atoms with Crippen molar-refractivity contribution in [3.05, 3.63) is 42.5 Å². The number of rotatable bonds is 3. The van der Waals surface area contributed by atoms with Gasteiger partial charge in [0.05, 0.1) is 18.3 Å². The molecule has 0 saturated carbocycles. The summed E-state index contributed by atoms with van der Waals surface area (Å²) in [5.41, 5.74) is 1.41. The van der Waals surface area contributed by atoms with Crippen LogP contribution < -0.4 is 0 Å². The van der Waals surface area contributed by atoms with Gasteiger partial charge in [0.25, 0.3) is 5.91 Å². The van der Waals surface area contributed by atoms with Crippen LogP contribution in [0, 0.1) is 5.92 Å². The van der Waals surface area contributed by atoms with Crippen molar-refractivity contribution in [3.63, 3.8) is 0 Å². The number of carbonyl (C=O) groups is 1. The second-order valence-corrected chi connectivity index (χ2v) is 5.76. The van der Waals surface area contributed by atoms with Crippen molar-refractivity contribution in [3.8, 4) is 5.69 Å². The van der Waals surface area contributed by atoms with E-state index in [-0.39, 0.29) is 18.6 Å². The van der Waals surface area contributed by atoms with Gasteiger partial charge in [-0.1, -0.05) is 13.0 Å². The third-order valence-electron chi connectivity index (χ3n) is 4.34. The molecule has 22 heavy (non-hydrogen) atoms. The predicted octanol–water partition coefficient (Wildman–Crippen LogP) is 1.50. The van der Waals surface area contributed by atoms with E-state index in [2.05, 4.69) is 17.0 Å². The number of piperidine rings is 1. The Morgan fingerprint density at radius 1 is 1.45 bits per heavy atom. The van der Waals surface area contributed by atoms with Crippen LogP contribution >= 0.6 is 0 Å². The van der Waals surface area contributed by atoms with Crippen molar-refractivity contribution in [2.75, 3.05) is 13.2 Å². The number of aliphatic hydroxyl groups excluding tert-OH is 1. The van der Waals surface area contributed by atoms with Crippen molar-refractivity contribution >= 4 is 5.91 Å². The summed E-state index contributed by atoms with van der Waals surface area (Å²) in [6, 6.07) is 7.23. The first-order valence-corrected chi connectivity index (χ1v) is 7.57. The SMILES string of the molecule is CC1CCCN(C(=O)c2cccc(-n3cncn3)c2)C1CO. The molecule has 0 aliphatic carbocycles. The standard InChI is InChI=1S/C16H20N4O2/c1-12-4-3-7-19(15(12)9-21)16(22)13-5-2-6-14(8-13)20-11-17-10-18-20/h2,5-6,8,10-12,15,21H,3-4,7,9H2,1H3. The van der Waals surface area contributed by atoms with Crippen LogP contribution in [-0.4, -0.2) is 49.9 Å². The fraction of sp³-hybridized carbons (Fsp3) is 0.438. The molecule has 1 aromatic carbocycles. The molecule has 2 unspecified atom stereocenters. The highest BCUT2D eigenvalue weighted by molar-refractivity contribution is 5.95. The summed E-state index contributed by atoms with van der Waals surface area (Å²) in [6.45, 7) is 2.80. The molecular weight excluding hydrogens is 280 g/mol. The first-order valence-electron chi connectivity index (χ1n) is 7.57. The lowest BCUT2D eigenvalue weighted by molar-refractivity contribution is 0.0358. The molecule has 2 heterocycles. The summed E-state index contributed by atoms with van der Waals surface area (Å²) in [7, 11) is 0. The number of benzene rings is 1. The molecule has 0 bridgehead atoms. The Balaban J connectivity index is 1.87. The third-order valence-corrected chi connectivity index (χ3v) is 4.34. The molecule has 3 rings (SSSR count). The molecular formula is C16H20N4O2. The van der Waals surface area contributed by atoms with Crippen LogP contribution in [-0.2, 0) is 0 Å². The van der Waals surface area contributed by atoms with Gasteiger partial charge in [0.1, 0.15) is 12.7 Å². The van der Waals surface area contributed by atoms with Crippen molar-refractivity contribution in [1.82, 2.24) is 19.7 Å². The maximum absolute atomic E-state index is 12.8. The molecule has 1 aliphatic rings. The quantitative estimate of drug-likeness (QED) is 0.932. The van der Waals surface area contributed by atoms with E-state index < -0.39 is 0 Å². The molecule has 1 aromatic heterocycles. The zero-order chi connectivity index (χ0) is 15.5. The van der Waals surface area contributed by atoms with Crippen LogP contribution in [0.3, 0.4) is 0 Å². The minimum atomic E-state index is -0.101. The van der Waals surface area contributed by atoms with Gasteiger partial charge in [-0.05, 0) is 37.0 Å². The normalized spacial score (nSPS) is 21.8. The molecule has 2 aromatic rings. The van der Waals surface area contributed by atoms with Gasteiger partial charge >= 0.3 is 0 Å². The lowest BCUT2D eigenvalue weighted by Crippen LogP contribution is -2.49. The topological polar surface area (TPSA) is 71.2 Å². The zero-order valence-electron chi connectivity index (χ0n) is 12.6. The minimum Gasteiger partial charge on any atom is -0.394 e. The molecule has 6 nitrogen and oxygen atoms in total. The highest BCUT2D eigenvalue weighted by atomic mass is 16.3. The first kappa shape index (κ1) is 14.7. The van der Waals surface area contributed by atoms with Gasteiger partial charge in [0, 0.05) is 12.1 Å². The Hall–Kier alpha value is -2.21. The van der Waals surface area contributed by atoms with Crippen molar-refractivity contribution in [2.45, 2.75) is 25.8 Å². The predicted molar refractivity (Wildman–Crippen MR) is 81.7 cm³/mol. The molecule has 1 amide bonds. The van der Waals surface area contributed by atoms with E-state index in [9.17, 15) is 9.90 Å². The number of hydrogen-bond donors (Lipinski definition) is 1. The first-order chi connectivity index (χ1) is 10.7. The zero-order valence-corrected chi connectivity index (χ0v) is 12.6. The molecule has 116 valence electrons. The van der Waals surface area contributed by atoms with Crippen molar-refractivity contribution in [2.24, 2.45) is 5.92 Å². The summed E-state index contributed by atoms with van der Waals surface area (Å²) < 4.78 is 1.62. The Morgan fingerprint density at radius 2 is 2.32 bits per heavy atom. The number of hydrogen-bond acceptors (Lipinski definition) is 4. The lowest BCUT2D eigenvalue weighted by atomic mass is 9.90. The van der Waals surface area contributed by atoms with Crippen LogP contribution in [0.5, 0.6) is 0 Å². The van der Waals surface area contributed by atoms with E-state index >= 15 is 0 Å². The van der Waals surface area contributed by atoms with E-state index in [4.69, 9.17) is 0 Å². The van der Waals surface area contributed by atoms with Gasteiger partial charge in [-0.2, -0.15) is 5.10 Å². The van der Waals surface area contributed by atoms with E-state index in [0.29, 0.717) is 18.0 Å². The number of aliphatic hydroxyl groups is 1. The average molecular weight is 300 g/mol. The van der Waals surface area contributed by atoms with E-state index in [0.717, 1.165) is 18.5 Å². The maximum atomic E-state index is 12.8. The third kappa shape index (κ3) is 2.74. The number of aromatic nitrogens is 3. The summed E-state index contributed by atoms with van der Waals surface area (Å²) >= 11 is 0. The fourth-order valence-corrected chi connectivity index (χ4v) is 3.07. The van der Waals surface area contributed by atoms with Crippen molar-refractivity contribution in [1.29, 1.82) is 0 Å². The second kappa shape index (κ2) is 6.27. The number of amides is 1. The van der Waals surface area contributed by atoms with Crippen molar-refractivity contribution < 1.29 is 9.90 Å². The van der Waals surface area contributed by atoms with Gasteiger partial charge in [-0.15, -0.1) is 0 Å². The summed E-state index contributed by atoms with van der Waals surface area (Å²) in [5.74, 6) is 0.286. The van der Waals surface area contributed by atoms with Crippen LogP contribution in [0.25, 0.3) is 5.69 Å². The smallest absolute Gasteiger partial charge is 0.254 e. The maximum Gasteiger partial charge on any atom is 0.254 e. The Labute approximate surface area is 129 Å². The van der Waals surface area contributed by atoms with Crippen LogP contribution in [0.1, 0.15) is 30.1 Å². The molecule has 0 radical (unpaired) electrons. The highest BCUT2D eigenvalue weighted by Gasteiger charge is 2.31. The average Bonchev–Trinajstić information content (AvgIpc) is 3.08. The molecule has 0 spiro atoms. The number of carbonyl (C=O) groups excluding carboxylic acids is 1. The highest BCUT2D eigenvalue weighted by Crippen LogP contribution is 2.25. The van der Waals surface area contributed by atoms with Gasteiger partial charge in [-0.3, -0.25) is 4.79 Å². The molecule has 1 N–H and O–H groups in total. The lowest BCUT2D eigenvalue weighted by Gasteiger charge is -2.39. The molecule has 2 atom stereocenters. The summed E-state index contributed by atoms with van der Waals surface area (Å²) in [6.07, 6.45) is 5.09. The number of likely N-dealkylation sites (tertiary alicyclic amines) is 1. The largest absolute Gasteiger partial charge is 0.394 e. The molecule has 1 aliphatic heterocycles.